The van der Waals surface area contributed by atoms with Gasteiger partial charge in [0.15, 0.2) is 11.8 Å². The number of epoxide rings is 1. The summed E-state index contributed by atoms with van der Waals surface area (Å²) in [5.41, 5.74) is -1.000. The number of aliphatic hydroxyl groups excluding tert-OH is 1. The number of Topliss-reactive ketones (excluding diaryl/α,β-unsaturated/α-hetero) is 1. The number of fused-ring (bicyclic) bond motifs is 1. The lowest BCUT2D eigenvalue weighted by molar-refractivity contribution is -0.138. The van der Waals surface area contributed by atoms with E-state index in [1.807, 2.05) is 19.9 Å². The maximum atomic E-state index is 12.8. The Kier molecular flexibility index (Phi) is 7.54. The summed E-state index contributed by atoms with van der Waals surface area (Å²) < 4.78 is 10.0. The minimum atomic E-state index is -1.74. The molecule has 2 aliphatic rings. The van der Waals surface area contributed by atoms with Crippen molar-refractivity contribution in [2.24, 2.45) is 0 Å². The van der Waals surface area contributed by atoms with E-state index < -0.39 is 35.1 Å². The van der Waals surface area contributed by atoms with Crippen LogP contribution in [0, 0.1) is 0 Å². The first-order valence-electron chi connectivity index (χ1n) is 9.90. The second kappa shape index (κ2) is 9.55. The lowest BCUT2D eigenvalue weighted by Crippen LogP contribution is -2.48. The molecule has 0 radical (unpaired) electrons. The number of nitrogens with one attached hydrogen (secondary N) is 1. The van der Waals surface area contributed by atoms with Gasteiger partial charge in [-0.05, 0) is 39.3 Å². The molecule has 31 heavy (non-hydrogen) atoms. The van der Waals surface area contributed by atoms with E-state index in [9.17, 15) is 19.5 Å². The van der Waals surface area contributed by atoms with Gasteiger partial charge < -0.3 is 25.0 Å². The Balaban J connectivity index is 2.08. The highest BCUT2D eigenvalue weighted by Gasteiger charge is 2.80. The predicted octanol–water partition coefficient (Wildman–Crippen LogP) is 1.41. The number of amides is 1. The summed E-state index contributed by atoms with van der Waals surface area (Å²) in [6.07, 6.45) is 9.13. The predicted molar refractivity (Wildman–Crippen MR) is 114 cm³/mol. The fraction of sp³-hybridized carbons (Fsp3) is 0.435. The largest absolute Gasteiger partial charge is 0.465 e. The van der Waals surface area contributed by atoms with Gasteiger partial charge in [-0.2, -0.15) is 0 Å². The minimum absolute atomic E-state index is 0.122. The Morgan fingerprint density at radius 1 is 1.23 bits per heavy atom. The number of rotatable bonds is 9. The van der Waals surface area contributed by atoms with E-state index in [0.717, 1.165) is 11.1 Å². The maximum Gasteiger partial charge on any atom is 0.337 e. The van der Waals surface area contributed by atoms with Crippen LogP contribution in [0.3, 0.4) is 0 Å². The van der Waals surface area contributed by atoms with Gasteiger partial charge in [-0.25, -0.2) is 4.79 Å². The molecule has 3 atom stereocenters. The zero-order chi connectivity index (χ0) is 23.4. The van der Waals surface area contributed by atoms with Crippen LogP contribution in [0.2, 0.25) is 0 Å². The molecule has 0 saturated carbocycles. The molecule has 0 aromatic rings. The van der Waals surface area contributed by atoms with Gasteiger partial charge >= 0.3 is 5.97 Å². The van der Waals surface area contributed by atoms with Crippen molar-refractivity contribution in [3.8, 4) is 0 Å². The molecule has 168 valence electrons. The molecule has 2 aliphatic heterocycles. The third-order valence-corrected chi connectivity index (χ3v) is 5.18. The molecule has 2 saturated heterocycles. The van der Waals surface area contributed by atoms with Crippen LogP contribution < -0.4 is 5.32 Å². The van der Waals surface area contributed by atoms with E-state index >= 15 is 0 Å². The van der Waals surface area contributed by atoms with E-state index in [4.69, 9.17) is 14.6 Å². The van der Waals surface area contributed by atoms with E-state index in [1.165, 1.54) is 7.11 Å². The number of hydrogen-bond acceptors (Lipinski definition) is 7. The van der Waals surface area contributed by atoms with E-state index in [1.54, 1.807) is 44.2 Å². The molecule has 0 aliphatic carbocycles. The van der Waals surface area contributed by atoms with Crippen LogP contribution in [0.15, 0.2) is 58.7 Å². The Morgan fingerprint density at radius 3 is 2.45 bits per heavy atom. The molecule has 0 aromatic carbocycles. The molecule has 2 heterocycles. The maximum absolute atomic E-state index is 12.8. The standard InChI is InChI=1S/C23H29NO7/c1-6-17(19(27)30-5)13-15(3)12-14(2)8-7-9-16(4)18(26)23-20(31-23)22(29,10-11-25)24-21(23)28/h6-9,12-13,20,25,29H,10-11H2,1-5H3,(H,24,28)/b8-7+,14-12-,15-13+,16-9+,17-6-. The van der Waals surface area contributed by atoms with E-state index in [-0.39, 0.29) is 13.0 Å². The Labute approximate surface area is 181 Å². The Bertz CT molecular complexity index is 924. The fourth-order valence-corrected chi connectivity index (χ4v) is 3.54. The molecule has 0 spiro atoms. The van der Waals surface area contributed by atoms with Crippen LogP contribution in [-0.4, -0.2) is 59.0 Å². The van der Waals surface area contributed by atoms with Crippen LogP contribution in [0.5, 0.6) is 0 Å². The number of aliphatic hydroxyl groups is 2. The van der Waals surface area contributed by atoms with Gasteiger partial charge in [0.25, 0.3) is 5.91 Å². The van der Waals surface area contributed by atoms with Crippen molar-refractivity contribution in [2.75, 3.05) is 13.7 Å². The summed E-state index contributed by atoms with van der Waals surface area (Å²) >= 11 is 0. The number of hydrogen-bond donors (Lipinski definition) is 3. The van der Waals surface area contributed by atoms with Gasteiger partial charge in [0.05, 0.1) is 12.7 Å². The molecule has 3 unspecified atom stereocenters. The molecule has 2 rings (SSSR count). The molecule has 0 aromatic heterocycles. The van der Waals surface area contributed by atoms with Crippen LogP contribution in [0.25, 0.3) is 0 Å². The third-order valence-electron chi connectivity index (χ3n) is 5.18. The summed E-state index contributed by atoms with van der Waals surface area (Å²) in [5, 5.41) is 21.8. The van der Waals surface area contributed by atoms with Gasteiger partial charge in [-0.1, -0.05) is 41.5 Å². The van der Waals surface area contributed by atoms with Gasteiger partial charge in [0.1, 0.15) is 0 Å². The van der Waals surface area contributed by atoms with Crippen molar-refractivity contribution in [1.29, 1.82) is 0 Å². The number of allylic oxidation sites excluding steroid dienone is 7. The lowest BCUT2D eigenvalue weighted by atomic mass is 9.92. The molecule has 3 N–H and O–H groups in total. The topological polar surface area (TPSA) is 125 Å². The van der Waals surface area contributed by atoms with Gasteiger partial charge in [0.2, 0.25) is 11.4 Å². The average Bonchev–Trinajstić information content (AvgIpc) is 3.44. The van der Waals surface area contributed by atoms with Gasteiger partial charge in [-0.15, -0.1) is 0 Å². The van der Waals surface area contributed by atoms with Crippen molar-refractivity contribution in [2.45, 2.75) is 51.5 Å². The first kappa shape index (κ1) is 24.5. The van der Waals surface area contributed by atoms with E-state index in [2.05, 4.69) is 5.32 Å². The Morgan fingerprint density at radius 2 is 1.90 bits per heavy atom. The highest BCUT2D eigenvalue weighted by Crippen LogP contribution is 2.50. The molecular weight excluding hydrogens is 402 g/mol. The average molecular weight is 431 g/mol. The summed E-state index contributed by atoms with van der Waals surface area (Å²) in [5.74, 6) is -1.64. The van der Waals surface area contributed by atoms with Crippen molar-refractivity contribution < 1.29 is 34.1 Å². The van der Waals surface area contributed by atoms with Gasteiger partial charge in [0, 0.05) is 13.0 Å². The number of esters is 1. The Hall–Kier alpha value is -2.81. The molecule has 8 nitrogen and oxygen atoms in total. The zero-order valence-corrected chi connectivity index (χ0v) is 18.4. The highest BCUT2D eigenvalue weighted by atomic mass is 16.6. The normalized spacial score (nSPS) is 29.1. The number of morpholine rings is 1. The van der Waals surface area contributed by atoms with Crippen LogP contribution >= 0.6 is 0 Å². The third kappa shape index (κ3) is 4.92. The fourth-order valence-electron chi connectivity index (χ4n) is 3.54. The first-order chi connectivity index (χ1) is 14.5. The smallest absolute Gasteiger partial charge is 0.337 e. The summed E-state index contributed by atoms with van der Waals surface area (Å²) in [4.78, 5) is 36.7. The minimum Gasteiger partial charge on any atom is -0.465 e. The SMILES string of the molecule is C/C=C(/C=C(C)/C=C(C)\C=C\C=C(/C)C(=O)C12OC1C(O)(CCO)NC2=O)C(=O)OC. The van der Waals surface area contributed by atoms with Crippen LogP contribution in [0.1, 0.15) is 34.1 Å². The number of ketones is 1. The van der Waals surface area contributed by atoms with Crippen molar-refractivity contribution >= 4 is 17.7 Å². The summed E-state index contributed by atoms with van der Waals surface area (Å²) in [6, 6.07) is 0. The quantitative estimate of drug-likeness (QED) is 0.166. The number of ether oxygens (including phenoxy) is 2. The van der Waals surface area contributed by atoms with Crippen LogP contribution in [0.4, 0.5) is 0 Å². The molecule has 8 heteroatoms. The van der Waals surface area contributed by atoms with Gasteiger partial charge in [-0.3, -0.25) is 9.59 Å². The second-order valence-corrected chi connectivity index (χ2v) is 7.64. The summed E-state index contributed by atoms with van der Waals surface area (Å²) in [7, 11) is 1.33. The molecule has 0 bridgehead atoms. The van der Waals surface area contributed by atoms with E-state index in [0.29, 0.717) is 11.1 Å². The highest BCUT2D eigenvalue weighted by molar-refractivity contribution is 6.21. The second-order valence-electron chi connectivity index (χ2n) is 7.64. The zero-order valence-electron chi connectivity index (χ0n) is 18.4. The number of carbonyl (C=O) groups excluding carboxylic acids is 3. The first-order valence-corrected chi connectivity index (χ1v) is 9.90. The number of carbonyl (C=O) groups is 3. The summed E-state index contributed by atoms with van der Waals surface area (Å²) in [6.45, 7) is 6.68. The molecule has 1 amide bonds. The van der Waals surface area contributed by atoms with Crippen molar-refractivity contribution in [3.05, 3.63) is 58.7 Å². The van der Waals surface area contributed by atoms with Crippen molar-refractivity contribution in [1.82, 2.24) is 5.32 Å². The number of methoxy groups -OCH3 is 1. The molecular formula is C23H29NO7. The molecule has 2 fully saturated rings. The van der Waals surface area contributed by atoms with Crippen molar-refractivity contribution in [3.63, 3.8) is 0 Å². The lowest BCUT2D eigenvalue weighted by Gasteiger charge is -2.22. The monoisotopic (exact) mass is 431 g/mol. The van der Waals surface area contributed by atoms with Crippen LogP contribution in [-0.2, 0) is 23.9 Å².